The van der Waals surface area contributed by atoms with Crippen LogP contribution in [-0.2, 0) is 4.74 Å². The van der Waals surface area contributed by atoms with Gasteiger partial charge in [0.15, 0.2) is 0 Å². The zero-order valence-corrected chi connectivity index (χ0v) is 13.9. The second-order valence-electron chi connectivity index (χ2n) is 4.69. The molecule has 3 N–H and O–H groups in total. The maximum absolute atomic E-state index is 12.1. The van der Waals surface area contributed by atoms with Crippen LogP contribution in [0.3, 0.4) is 0 Å². The molecular weight excluding hydrogens is 352 g/mol. The molecule has 0 aliphatic rings. The number of rotatable bonds is 8. The molecule has 0 aliphatic carbocycles. The van der Waals surface area contributed by atoms with E-state index in [0.29, 0.717) is 18.2 Å². The third-order valence-electron chi connectivity index (χ3n) is 2.98. The average molecular weight is 367 g/mol. The zero-order valence-electron chi connectivity index (χ0n) is 13.2. The summed E-state index contributed by atoms with van der Waals surface area (Å²) in [6.07, 6.45) is 1.13. The van der Waals surface area contributed by atoms with Crippen molar-refractivity contribution in [2.24, 2.45) is 0 Å². The van der Waals surface area contributed by atoms with Crippen molar-refractivity contribution in [1.29, 1.82) is 0 Å². The standard InChI is InChI=1S/C14H15ClN6O4/c1-25-6-5-16-12-11(21(23)24)13(18-8-17-12)19-20-14(22)9-3-2-4-10(15)7-9/h2-4,7-8H,5-6H2,1H3,(H,20,22)(H2,16,17,18,19). The first-order valence-corrected chi connectivity index (χ1v) is 7.45. The van der Waals surface area contributed by atoms with Crippen molar-refractivity contribution in [3.63, 3.8) is 0 Å². The van der Waals surface area contributed by atoms with Crippen LogP contribution in [0.25, 0.3) is 0 Å². The molecule has 1 aromatic heterocycles. The highest BCUT2D eigenvalue weighted by atomic mass is 35.5. The van der Waals surface area contributed by atoms with E-state index in [-0.39, 0.29) is 17.2 Å². The van der Waals surface area contributed by atoms with Gasteiger partial charge in [0, 0.05) is 24.2 Å². The topological polar surface area (TPSA) is 131 Å². The molecule has 0 bridgehead atoms. The molecule has 0 spiro atoms. The lowest BCUT2D eigenvalue weighted by Crippen LogP contribution is -2.30. The summed E-state index contributed by atoms with van der Waals surface area (Å²) in [6, 6.07) is 6.25. The molecule has 0 unspecified atom stereocenters. The Morgan fingerprint density at radius 3 is 2.80 bits per heavy atom. The van der Waals surface area contributed by atoms with Crippen molar-refractivity contribution in [2.75, 3.05) is 31.0 Å². The smallest absolute Gasteiger partial charge is 0.354 e. The van der Waals surface area contributed by atoms with E-state index in [0.717, 1.165) is 6.33 Å². The van der Waals surface area contributed by atoms with Gasteiger partial charge in [-0.1, -0.05) is 17.7 Å². The molecule has 132 valence electrons. The number of hydrogen-bond donors (Lipinski definition) is 3. The quantitative estimate of drug-likeness (QED) is 0.366. The van der Waals surface area contributed by atoms with Crippen LogP contribution in [-0.4, -0.2) is 41.1 Å². The number of methoxy groups -OCH3 is 1. The molecule has 0 saturated carbocycles. The largest absolute Gasteiger partial charge is 0.383 e. The minimum Gasteiger partial charge on any atom is -0.383 e. The summed E-state index contributed by atoms with van der Waals surface area (Å²) in [7, 11) is 1.51. The molecule has 2 aromatic rings. The predicted octanol–water partition coefficient (Wildman–Crippen LogP) is 1.85. The van der Waals surface area contributed by atoms with E-state index in [1.165, 1.54) is 13.2 Å². The van der Waals surface area contributed by atoms with Gasteiger partial charge >= 0.3 is 5.69 Å². The Balaban J connectivity index is 2.14. The van der Waals surface area contributed by atoms with Crippen molar-refractivity contribution in [3.05, 3.63) is 51.3 Å². The van der Waals surface area contributed by atoms with Crippen LogP contribution in [0.4, 0.5) is 17.3 Å². The van der Waals surface area contributed by atoms with Crippen molar-refractivity contribution in [2.45, 2.75) is 0 Å². The van der Waals surface area contributed by atoms with Gasteiger partial charge in [0.25, 0.3) is 5.91 Å². The first-order chi connectivity index (χ1) is 12.0. The molecule has 0 aliphatic heterocycles. The summed E-state index contributed by atoms with van der Waals surface area (Å²) in [4.78, 5) is 30.4. The molecule has 25 heavy (non-hydrogen) atoms. The number of aromatic nitrogens is 2. The SMILES string of the molecule is COCCNc1ncnc(NNC(=O)c2cccc(Cl)c2)c1[N+](=O)[O-]. The van der Waals surface area contributed by atoms with Crippen LogP contribution in [0.1, 0.15) is 10.4 Å². The maximum atomic E-state index is 12.1. The number of anilines is 2. The first-order valence-electron chi connectivity index (χ1n) is 7.07. The summed E-state index contributed by atoms with van der Waals surface area (Å²) in [6.45, 7) is 0.665. The van der Waals surface area contributed by atoms with Crippen molar-refractivity contribution < 1.29 is 14.5 Å². The Morgan fingerprint density at radius 2 is 2.12 bits per heavy atom. The van der Waals surface area contributed by atoms with Crippen LogP contribution in [0.5, 0.6) is 0 Å². The van der Waals surface area contributed by atoms with Gasteiger partial charge in [-0.25, -0.2) is 9.97 Å². The molecule has 11 heteroatoms. The number of benzene rings is 1. The Bertz CT molecular complexity index is 773. The summed E-state index contributed by atoms with van der Waals surface area (Å²) in [5, 5.41) is 14.5. The molecule has 0 fully saturated rings. The fourth-order valence-electron chi connectivity index (χ4n) is 1.86. The Kier molecular flexibility index (Phi) is 6.43. The number of carbonyl (C=O) groups excluding carboxylic acids is 1. The van der Waals surface area contributed by atoms with Gasteiger partial charge in [0.05, 0.1) is 11.5 Å². The second kappa shape index (κ2) is 8.76. The fraction of sp³-hybridized carbons (Fsp3) is 0.214. The number of carbonyl (C=O) groups is 1. The van der Waals surface area contributed by atoms with E-state index in [1.807, 2.05) is 0 Å². The van der Waals surface area contributed by atoms with E-state index in [4.69, 9.17) is 16.3 Å². The normalized spacial score (nSPS) is 10.2. The highest BCUT2D eigenvalue weighted by Crippen LogP contribution is 2.28. The second-order valence-corrected chi connectivity index (χ2v) is 5.12. The fourth-order valence-corrected chi connectivity index (χ4v) is 2.05. The number of ether oxygens (including phenoxy) is 1. The van der Waals surface area contributed by atoms with Crippen molar-refractivity contribution in [1.82, 2.24) is 15.4 Å². The van der Waals surface area contributed by atoms with Crippen LogP contribution in [0, 0.1) is 10.1 Å². The minimum absolute atomic E-state index is 0.0107. The number of nitrogens with zero attached hydrogens (tertiary/aromatic N) is 3. The Morgan fingerprint density at radius 1 is 1.36 bits per heavy atom. The highest BCUT2D eigenvalue weighted by molar-refractivity contribution is 6.30. The summed E-state index contributed by atoms with van der Waals surface area (Å²) in [5.41, 5.74) is 4.66. The molecular formula is C14H15ClN6O4. The number of nitro groups is 1. The van der Waals surface area contributed by atoms with Gasteiger partial charge in [-0.15, -0.1) is 0 Å². The van der Waals surface area contributed by atoms with Crippen LogP contribution < -0.4 is 16.2 Å². The van der Waals surface area contributed by atoms with Crippen molar-refractivity contribution in [3.8, 4) is 0 Å². The number of hydrazine groups is 1. The summed E-state index contributed by atoms with van der Waals surface area (Å²) >= 11 is 5.83. The molecule has 10 nitrogen and oxygen atoms in total. The third-order valence-corrected chi connectivity index (χ3v) is 3.22. The van der Waals surface area contributed by atoms with Crippen LogP contribution in [0.2, 0.25) is 5.02 Å². The Hall–Kier alpha value is -2.98. The summed E-state index contributed by atoms with van der Waals surface area (Å²) in [5.74, 6) is -0.670. The number of amides is 1. The van der Waals surface area contributed by atoms with E-state index in [9.17, 15) is 14.9 Å². The monoisotopic (exact) mass is 366 g/mol. The van der Waals surface area contributed by atoms with Crippen LogP contribution >= 0.6 is 11.6 Å². The first kappa shape index (κ1) is 18.4. The van der Waals surface area contributed by atoms with E-state index in [1.54, 1.807) is 18.2 Å². The van der Waals surface area contributed by atoms with E-state index >= 15 is 0 Å². The summed E-state index contributed by atoms with van der Waals surface area (Å²) < 4.78 is 4.87. The highest BCUT2D eigenvalue weighted by Gasteiger charge is 2.23. The average Bonchev–Trinajstić information content (AvgIpc) is 2.59. The van der Waals surface area contributed by atoms with Gasteiger partial charge < -0.3 is 10.1 Å². The predicted molar refractivity (Wildman–Crippen MR) is 91.6 cm³/mol. The van der Waals surface area contributed by atoms with E-state index < -0.39 is 16.5 Å². The van der Waals surface area contributed by atoms with Gasteiger partial charge in [-0.05, 0) is 18.2 Å². The third kappa shape index (κ3) is 4.99. The van der Waals surface area contributed by atoms with Gasteiger partial charge in [0.2, 0.25) is 11.6 Å². The van der Waals surface area contributed by atoms with Crippen molar-refractivity contribution >= 4 is 34.8 Å². The molecule has 0 atom stereocenters. The lowest BCUT2D eigenvalue weighted by atomic mass is 10.2. The molecule has 0 saturated heterocycles. The number of nitrogens with one attached hydrogen (secondary N) is 3. The molecule has 2 rings (SSSR count). The van der Waals surface area contributed by atoms with Gasteiger partial charge in [-0.2, -0.15) is 0 Å². The number of halogens is 1. The van der Waals surface area contributed by atoms with E-state index in [2.05, 4.69) is 26.1 Å². The molecule has 1 aromatic carbocycles. The molecule has 0 radical (unpaired) electrons. The molecule has 1 heterocycles. The Labute approximate surface area is 147 Å². The lowest BCUT2D eigenvalue weighted by molar-refractivity contribution is -0.383. The van der Waals surface area contributed by atoms with Gasteiger partial charge in [0.1, 0.15) is 6.33 Å². The zero-order chi connectivity index (χ0) is 18.2. The number of hydrogen-bond acceptors (Lipinski definition) is 8. The molecule has 1 amide bonds. The maximum Gasteiger partial charge on any atom is 0.354 e. The van der Waals surface area contributed by atoms with Gasteiger partial charge in [-0.3, -0.25) is 25.8 Å². The lowest BCUT2D eigenvalue weighted by Gasteiger charge is -2.10. The minimum atomic E-state index is -0.650. The van der Waals surface area contributed by atoms with Crippen LogP contribution in [0.15, 0.2) is 30.6 Å².